The van der Waals surface area contributed by atoms with E-state index in [-0.39, 0.29) is 22.0 Å². The molecule has 4 rings (SSSR count). The van der Waals surface area contributed by atoms with Crippen molar-refractivity contribution in [2.24, 2.45) is 0 Å². The second kappa shape index (κ2) is 8.12. The highest BCUT2D eigenvalue weighted by atomic mass is 32.2. The van der Waals surface area contributed by atoms with Crippen LogP contribution in [0.1, 0.15) is 16.5 Å². The van der Waals surface area contributed by atoms with Crippen molar-refractivity contribution in [1.29, 1.82) is 0 Å². The number of halogens is 1. The van der Waals surface area contributed by atoms with Gasteiger partial charge in [0.1, 0.15) is 11.2 Å². The molecule has 30 heavy (non-hydrogen) atoms. The number of carbonyl (C=O) groups is 1. The third kappa shape index (κ3) is 4.20. The highest BCUT2D eigenvalue weighted by molar-refractivity contribution is 8.00. The summed E-state index contributed by atoms with van der Waals surface area (Å²) in [6, 6.07) is 19.3. The summed E-state index contributed by atoms with van der Waals surface area (Å²) in [4.78, 5) is 14.3. The van der Waals surface area contributed by atoms with E-state index in [9.17, 15) is 17.6 Å². The smallest absolute Gasteiger partial charge is 0.261 e. The number of amides is 1. The first-order valence-electron chi connectivity index (χ1n) is 9.22. The van der Waals surface area contributed by atoms with E-state index in [1.165, 1.54) is 23.9 Å². The number of benzene rings is 3. The van der Waals surface area contributed by atoms with E-state index in [1.807, 2.05) is 13.0 Å². The van der Waals surface area contributed by atoms with Crippen LogP contribution in [-0.2, 0) is 14.8 Å². The van der Waals surface area contributed by atoms with Gasteiger partial charge in [0, 0.05) is 11.4 Å². The highest BCUT2D eigenvalue weighted by Gasteiger charge is 2.34. The van der Waals surface area contributed by atoms with Gasteiger partial charge in [-0.05, 0) is 61.0 Å². The van der Waals surface area contributed by atoms with Gasteiger partial charge in [0.15, 0.2) is 0 Å². The predicted octanol–water partition coefficient (Wildman–Crippen LogP) is 4.71. The fraction of sp³-hybridized carbons (Fsp3) is 0.136. The zero-order chi connectivity index (χ0) is 21.3. The Morgan fingerprint density at radius 3 is 2.43 bits per heavy atom. The zero-order valence-corrected chi connectivity index (χ0v) is 17.7. The van der Waals surface area contributed by atoms with Gasteiger partial charge < -0.3 is 0 Å². The summed E-state index contributed by atoms with van der Waals surface area (Å²) in [6.45, 7) is 1.89. The van der Waals surface area contributed by atoms with Crippen molar-refractivity contribution in [3.63, 3.8) is 0 Å². The lowest BCUT2D eigenvalue weighted by Crippen LogP contribution is -2.27. The van der Waals surface area contributed by atoms with E-state index in [2.05, 4.69) is 4.72 Å². The Kier molecular flexibility index (Phi) is 5.53. The third-order valence-electron chi connectivity index (χ3n) is 4.73. The summed E-state index contributed by atoms with van der Waals surface area (Å²) in [7, 11) is -3.73. The molecule has 0 bridgehead atoms. The van der Waals surface area contributed by atoms with E-state index in [4.69, 9.17) is 0 Å². The van der Waals surface area contributed by atoms with Crippen LogP contribution in [0.2, 0.25) is 0 Å². The molecule has 0 unspecified atom stereocenters. The minimum absolute atomic E-state index is 0.0813. The monoisotopic (exact) mass is 442 g/mol. The van der Waals surface area contributed by atoms with E-state index in [0.717, 1.165) is 11.1 Å². The molecule has 1 heterocycles. The van der Waals surface area contributed by atoms with Crippen LogP contribution in [-0.4, -0.2) is 20.1 Å². The maximum atomic E-state index is 13.3. The van der Waals surface area contributed by atoms with Crippen molar-refractivity contribution in [3.8, 4) is 0 Å². The number of sulfonamides is 1. The van der Waals surface area contributed by atoms with Crippen molar-refractivity contribution < 1.29 is 17.6 Å². The Hall–Kier alpha value is -2.84. The molecule has 1 aliphatic heterocycles. The molecular weight excluding hydrogens is 423 g/mol. The van der Waals surface area contributed by atoms with Gasteiger partial charge in [0.05, 0.1) is 10.6 Å². The quantitative estimate of drug-likeness (QED) is 0.621. The van der Waals surface area contributed by atoms with Gasteiger partial charge in [0.2, 0.25) is 5.91 Å². The van der Waals surface area contributed by atoms with Crippen LogP contribution in [0.5, 0.6) is 0 Å². The molecule has 0 saturated carbocycles. The van der Waals surface area contributed by atoms with Gasteiger partial charge in [-0.25, -0.2) is 12.8 Å². The first kappa shape index (κ1) is 20.4. The van der Waals surface area contributed by atoms with Gasteiger partial charge in [-0.3, -0.25) is 14.4 Å². The summed E-state index contributed by atoms with van der Waals surface area (Å²) < 4.78 is 41.3. The Bertz CT molecular complexity index is 1180. The maximum absolute atomic E-state index is 13.3. The van der Waals surface area contributed by atoms with E-state index < -0.39 is 10.0 Å². The van der Waals surface area contributed by atoms with E-state index in [1.54, 1.807) is 59.5 Å². The topological polar surface area (TPSA) is 66.5 Å². The van der Waals surface area contributed by atoms with Gasteiger partial charge >= 0.3 is 0 Å². The van der Waals surface area contributed by atoms with Crippen molar-refractivity contribution in [2.45, 2.75) is 17.2 Å². The molecule has 1 N–H and O–H groups in total. The average molecular weight is 443 g/mol. The summed E-state index contributed by atoms with van der Waals surface area (Å²) >= 11 is 1.44. The zero-order valence-electron chi connectivity index (χ0n) is 16.1. The second-order valence-corrected chi connectivity index (χ2v) is 9.70. The molecule has 1 amide bonds. The Labute approximate surface area is 179 Å². The molecule has 0 aromatic heterocycles. The molecule has 0 radical (unpaired) electrons. The normalized spacial score (nSPS) is 16.7. The van der Waals surface area contributed by atoms with Crippen LogP contribution in [0, 0.1) is 12.7 Å². The molecule has 1 aliphatic rings. The van der Waals surface area contributed by atoms with Gasteiger partial charge in [-0.2, -0.15) is 0 Å². The molecule has 3 aromatic rings. The largest absolute Gasteiger partial charge is 0.295 e. The van der Waals surface area contributed by atoms with Crippen LogP contribution >= 0.6 is 11.8 Å². The molecule has 1 fully saturated rings. The number of hydrogen-bond donors (Lipinski definition) is 1. The molecule has 154 valence electrons. The number of anilines is 2. The minimum Gasteiger partial charge on any atom is -0.295 e. The first-order chi connectivity index (χ1) is 14.3. The number of hydrogen-bond acceptors (Lipinski definition) is 4. The van der Waals surface area contributed by atoms with Crippen molar-refractivity contribution >= 4 is 39.1 Å². The minimum atomic E-state index is -3.73. The summed E-state index contributed by atoms with van der Waals surface area (Å²) in [5.74, 6) is -0.161. The molecule has 8 heteroatoms. The number of rotatable bonds is 5. The van der Waals surface area contributed by atoms with Crippen LogP contribution in [0.25, 0.3) is 0 Å². The standard InChI is InChI=1S/C22H19FN2O3S2/c1-15-5-11-20(12-6-15)30(27,28)24-18-4-2-3-16(13-18)22-25(21(26)14-29-22)19-9-7-17(23)8-10-19/h2-13,22,24H,14H2,1H3/t22-/m0/s1. The summed E-state index contributed by atoms with van der Waals surface area (Å²) in [6.07, 6.45) is 0. The molecular formula is C22H19FN2O3S2. The SMILES string of the molecule is Cc1ccc(S(=O)(=O)Nc2cccc([C@@H]3SCC(=O)N3c3ccc(F)cc3)c2)cc1. The van der Waals surface area contributed by atoms with Crippen LogP contribution < -0.4 is 9.62 Å². The fourth-order valence-corrected chi connectivity index (χ4v) is 5.46. The van der Waals surface area contributed by atoms with Crippen LogP contribution in [0.15, 0.2) is 77.7 Å². The number of thioether (sulfide) groups is 1. The Morgan fingerprint density at radius 1 is 1.03 bits per heavy atom. The summed E-state index contributed by atoms with van der Waals surface area (Å²) in [5, 5.41) is -0.327. The number of nitrogens with one attached hydrogen (secondary N) is 1. The molecule has 1 atom stereocenters. The number of nitrogens with zero attached hydrogens (tertiary/aromatic N) is 1. The maximum Gasteiger partial charge on any atom is 0.261 e. The second-order valence-electron chi connectivity index (χ2n) is 6.95. The van der Waals surface area contributed by atoms with Gasteiger partial charge in [0.25, 0.3) is 10.0 Å². The lowest BCUT2D eigenvalue weighted by atomic mass is 10.1. The Morgan fingerprint density at radius 2 is 1.73 bits per heavy atom. The van der Waals surface area contributed by atoms with Crippen LogP contribution in [0.4, 0.5) is 15.8 Å². The molecule has 3 aromatic carbocycles. The fourth-order valence-electron chi connectivity index (χ4n) is 3.24. The number of aryl methyl sites for hydroxylation is 1. The predicted molar refractivity (Wildman–Crippen MR) is 118 cm³/mol. The highest BCUT2D eigenvalue weighted by Crippen LogP contribution is 2.42. The molecule has 0 aliphatic carbocycles. The number of carbonyl (C=O) groups excluding carboxylic acids is 1. The molecule has 5 nitrogen and oxygen atoms in total. The van der Waals surface area contributed by atoms with Crippen molar-refractivity contribution in [2.75, 3.05) is 15.4 Å². The van der Waals surface area contributed by atoms with Crippen molar-refractivity contribution in [1.82, 2.24) is 0 Å². The van der Waals surface area contributed by atoms with Crippen molar-refractivity contribution in [3.05, 3.63) is 89.7 Å². The Balaban J connectivity index is 1.62. The van der Waals surface area contributed by atoms with Gasteiger partial charge in [-0.15, -0.1) is 11.8 Å². The van der Waals surface area contributed by atoms with E-state index >= 15 is 0 Å². The summed E-state index contributed by atoms with van der Waals surface area (Å²) in [5.41, 5.74) is 2.76. The van der Waals surface area contributed by atoms with Crippen LogP contribution in [0.3, 0.4) is 0 Å². The lowest BCUT2D eigenvalue weighted by molar-refractivity contribution is -0.115. The molecule has 1 saturated heterocycles. The van der Waals surface area contributed by atoms with Gasteiger partial charge in [-0.1, -0.05) is 29.8 Å². The third-order valence-corrected chi connectivity index (χ3v) is 7.34. The molecule has 0 spiro atoms. The van der Waals surface area contributed by atoms with E-state index in [0.29, 0.717) is 17.1 Å². The lowest BCUT2D eigenvalue weighted by Gasteiger charge is -2.24. The first-order valence-corrected chi connectivity index (χ1v) is 11.8. The average Bonchev–Trinajstić information content (AvgIpc) is 3.10.